The Morgan fingerprint density at radius 1 is 1.04 bits per heavy atom. The lowest BCUT2D eigenvalue weighted by Gasteiger charge is -2.45. The van der Waals surface area contributed by atoms with Gasteiger partial charge in [-0.05, 0) is 31.9 Å². The molecule has 0 saturated carbocycles. The highest BCUT2D eigenvalue weighted by Gasteiger charge is 2.50. The fourth-order valence-corrected chi connectivity index (χ4v) is 3.41. The van der Waals surface area contributed by atoms with Crippen molar-refractivity contribution >= 4 is 11.9 Å². The maximum absolute atomic E-state index is 13.3. The van der Waals surface area contributed by atoms with E-state index in [1.807, 2.05) is 67.6 Å². The van der Waals surface area contributed by atoms with Crippen LogP contribution in [-0.2, 0) is 20.7 Å². The molecule has 0 bridgehead atoms. The zero-order valence-corrected chi connectivity index (χ0v) is 14.8. The van der Waals surface area contributed by atoms with Gasteiger partial charge in [0.05, 0.1) is 6.04 Å². The Morgan fingerprint density at radius 3 is 2.20 bits per heavy atom. The van der Waals surface area contributed by atoms with Gasteiger partial charge in [-0.1, -0.05) is 60.7 Å². The maximum Gasteiger partial charge on any atom is 0.329 e. The first kappa shape index (κ1) is 17.2. The predicted molar refractivity (Wildman–Crippen MR) is 95.8 cm³/mol. The van der Waals surface area contributed by atoms with Crippen LogP contribution >= 0.6 is 0 Å². The van der Waals surface area contributed by atoms with Gasteiger partial charge in [0.1, 0.15) is 6.04 Å². The van der Waals surface area contributed by atoms with Crippen LogP contribution in [0.25, 0.3) is 0 Å². The molecule has 2 aromatic rings. The van der Waals surface area contributed by atoms with Gasteiger partial charge in [-0.25, -0.2) is 4.79 Å². The Kier molecular flexibility index (Phi) is 4.62. The van der Waals surface area contributed by atoms with E-state index in [1.54, 1.807) is 18.7 Å². The van der Waals surface area contributed by atoms with Gasteiger partial charge in [0.15, 0.2) is 5.60 Å². The van der Waals surface area contributed by atoms with E-state index in [2.05, 4.69) is 0 Å². The minimum absolute atomic E-state index is 0.153. The fourth-order valence-electron chi connectivity index (χ4n) is 3.41. The van der Waals surface area contributed by atoms with Gasteiger partial charge in [0.2, 0.25) is 0 Å². The number of nitrogens with zero attached hydrogens (tertiary/aromatic N) is 1. The first-order valence-electron chi connectivity index (χ1n) is 8.57. The topological polar surface area (TPSA) is 46.6 Å². The molecular formula is C21H23NO3. The molecule has 0 N–H and O–H groups in total. The van der Waals surface area contributed by atoms with E-state index < -0.39 is 11.6 Å². The number of carbonyl (C=O) groups excluding carboxylic acids is 2. The number of carbonyl (C=O) groups is 2. The largest absolute Gasteiger partial charge is 0.447 e. The summed E-state index contributed by atoms with van der Waals surface area (Å²) in [6.45, 7) is 5.38. The first-order valence-corrected chi connectivity index (χ1v) is 8.57. The van der Waals surface area contributed by atoms with E-state index in [1.165, 1.54) is 0 Å². The van der Waals surface area contributed by atoms with Crippen molar-refractivity contribution in [2.24, 2.45) is 0 Å². The van der Waals surface area contributed by atoms with Crippen LogP contribution in [0.2, 0.25) is 0 Å². The van der Waals surface area contributed by atoms with Crippen molar-refractivity contribution < 1.29 is 14.3 Å². The van der Waals surface area contributed by atoms with E-state index in [0.717, 1.165) is 11.1 Å². The van der Waals surface area contributed by atoms with Crippen LogP contribution in [-0.4, -0.2) is 28.4 Å². The van der Waals surface area contributed by atoms with Crippen molar-refractivity contribution in [3.8, 4) is 0 Å². The van der Waals surface area contributed by atoms with Gasteiger partial charge in [-0.3, -0.25) is 4.79 Å². The fraction of sp³-hybridized carbons (Fsp3) is 0.333. The molecule has 3 rings (SSSR count). The zero-order chi connectivity index (χ0) is 18.0. The smallest absolute Gasteiger partial charge is 0.329 e. The molecule has 130 valence electrons. The van der Waals surface area contributed by atoms with Crippen molar-refractivity contribution in [3.05, 3.63) is 71.8 Å². The number of benzene rings is 2. The van der Waals surface area contributed by atoms with Crippen LogP contribution in [0, 0.1) is 0 Å². The lowest BCUT2D eigenvalue weighted by Crippen LogP contribution is -2.62. The van der Waals surface area contributed by atoms with Gasteiger partial charge >= 0.3 is 5.97 Å². The molecule has 1 fully saturated rings. The molecular weight excluding hydrogens is 314 g/mol. The summed E-state index contributed by atoms with van der Waals surface area (Å²) in [5, 5.41) is 0. The molecule has 1 amide bonds. The van der Waals surface area contributed by atoms with Crippen molar-refractivity contribution in [3.63, 3.8) is 0 Å². The van der Waals surface area contributed by atoms with E-state index in [4.69, 9.17) is 4.74 Å². The number of esters is 1. The van der Waals surface area contributed by atoms with Crippen molar-refractivity contribution in [1.82, 2.24) is 4.90 Å². The Balaban J connectivity index is 1.92. The molecule has 4 heteroatoms. The lowest BCUT2D eigenvalue weighted by atomic mass is 9.90. The number of morpholine rings is 1. The van der Waals surface area contributed by atoms with Gasteiger partial charge in [-0.15, -0.1) is 0 Å². The standard InChI is InChI=1S/C21H23NO3/c1-15(18-12-8-5-9-13-18)22-16(2)19(23)25-21(3,20(22)24)14-17-10-6-4-7-11-17/h4-13,15-16H,14H2,1-3H3/t15-,16-,21-/m0/s1. The predicted octanol–water partition coefficient (Wildman–Crippen LogP) is 3.52. The molecule has 0 aromatic heterocycles. The lowest BCUT2D eigenvalue weighted by molar-refractivity contribution is -0.192. The molecule has 4 nitrogen and oxygen atoms in total. The summed E-state index contributed by atoms with van der Waals surface area (Å²) in [5.41, 5.74) is 0.779. The second-order valence-corrected chi connectivity index (χ2v) is 6.79. The van der Waals surface area contributed by atoms with E-state index >= 15 is 0 Å². The summed E-state index contributed by atoms with van der Waals surface area (Å²) >= 11 is 0. The molecule has 1 aliphatic heterocycles. The highest BCUT2D eigenvalue weighted by atomic mass is 16.6. The normalized spacial score (nSPS) is 24.8. The summed E-state index contributed by atoms with van der Waals surface area (Å²) in [4.78, 5) is 27.4. The molecule has 0 unspecified atom stereocenters. The van der Waals surface area contributed by atoms with Gasteiger partial charge in [-0.2, -0.15) is 0 Å². The van der Waals surface area contributed by atoms with Crippen LogP contribution in [0.4, 0.5) is 0 Å². The average Bonchev–Trinajstić information content (AvgIpc) is 2.62. The Bertz CT molecular complexity index is 759. The summed E-state index contributed by atoms with van der Waals surface area (Å²) < 4.78 is 5.59. The molecule has 0 spiro atoms. The number of hydrogen-bond donors (Lipinski definition) is 0. The maximum atomic E-state index is 13.3. The minimum atomic E-state index is -1.19. The monoisotopic (exact) mass is 337 g/mol. The van der Waals surface area contributed by atoms with Gasteiger partial charge in [0.25, 0.3) is 5.91 Å². The molecule has 0 radical (unpaired) electrons. The van der Waals surface area contributed by atoms with Crippen LogP contribution in [0.1, 0.15) is 37.9 Å². The van der Waals surface area contributed by atoms with Crippen molar-refractivity contribution in [1.29, 1.82) is 0 Å². The number of ether oxygens (including phenoxy) is 1. The van der Waals surface area contributed by atoms with Gasteiger partial charge < -0.3 is 9.64 Å². The summed E-state index contributed by atoms with van der Waals surface area (Å²) in [7, 11) is 0. The van der Waals surface area contributed by atoms with Crippen molar-refractivity contribution in [2.75, 3.05) is 0 Å². The number of amides is 1. The summed E-state index contributed by atoms with van der Waals surface area (Å²) in [5.74, 6) is -0.513. The first-order chi connectivity index (χ1) is 11.9. The number of hydrogen-bond acceptors (Lipinski definition) is 3. The Labute approximate surface area is 148 Å². The minimum Gasteiger partial charge on any atom is -0.447 e. The highest BCUT2D eigenvalue weighted by Crippen LogP contribution is 2.33. The molecule has 1 saturated heterocycles. The van der Waals surface area contributed by atoms with Gasteiger partial charge in [0, 0.05) is 6.42 Å². The molecule has 1 heterocycles. The van der Waals surface area contributed by atoms with Crippen LogP contribution in [0.3, 0.4) is 0 Å². The number of cyclic esters (lactones) is 1. The molecule has 2 aromatic carbocycles. The second kappa shape index (κ2) is 6.71. The molecule has 1 aliphatic rings. The Morgan fingerprint density at radius 2 is 1.60 bits per heavy atom. The molecule has 25 heavy (non-hydrogen) atoms. The third-order valence-electron chi connectivity index (χ3n) is 4.85. The van der Waals surface area contributed by atoms with Crippen molar-refractivity contribution in [2.45, 2.75) is 44.9 Å². The molecule has 3 atom stereocenters. The van der Waals surface area contributed by atoms with Crippen LogP contribution in [0.5, 0.6) is 0 Å². The Hall–Kier alpha value is -2.62. The third kappa shape index (κ3) is 3.29. The summed E-state index contributed by atoms with van der Waals surface area (Å²) in [6, 6.07) is 18.6. The average molecular weight is 337 g/mol. The quantitative estimate of drug-likeness (QED) is 0.802. The highest BCUT2D eigenvalue weighted by molar-refractivity contribution is 5.95. The SMILES string of the molecule is C[C@H]1C(=O)O[C@@](C)(Cc2ccccc2)C(=O)N1[C@@H](C)c1ccccc1. The van der Waals surface area contributed by atoms with Crippen LogP contribution < -0.4 is 0 Å². The zero-order valence-electron chi connectivity index (χ0n) is 14.8. The molecule has 0 aliphatic carbocycles. The summed E-state index contributed by atoms with van der Waals surface area (Å²) in [6.07, 6.45) is 0.364. The number of rotatable bonds is 4. The van der Waals surface area contributed by atoms with Crippen LogP contribution in [0.15, 0.2) is 60.7 Å². The van der Waals surface area contributed by atoms with E-state index in [9.17, 15) is 9.59 Å². The van der Waals surface area contributed by atoms with E-state index in [0.29, 0.717) is 6.42 Å². The third-order valence-corrected chi connectivity index (χ3v) is 4.85. The second-order valence-electron chi connectivity index (χ2n) is 6.79. The van der Waals surface area contributed by atoms with E-state index in [-0.39, 0.29) is 17.9 Å².